The van der Waals surface area contributed by atoms with Crippen LogP contribution in [0.3, 0.4) is 0 Å². The van der Waals surface area contributed by atoms with Crippen LogP contribution in [-0.4, -0.2) is 27.2 Å². The van der Waals surface area contributed by atoms with Gasteiger partial charge in [-0.25, -0.2) is 0 Å². The van der Waals surface area contributed by atoms with Gasteiger partial charge in [0.2, 0.25) is 0 Å². The number of alkyl halides is 6. The van der Waals surface area contributed by atoms with Gasteiger partial charge in [-0.05, 0) is 0 Å². The second kappa shape index (κ2) is 13.2. The molecule has 0 bridgehead atoms. The van der Waals surface area contributed by atoms with Gasteiger partial charge >= 0.3 is 276 Å². The molecule has 0 aliphatic rings. The zero-order valence-corrected chi connectivity index (χ0v) is 29.0. The molecule has 0 aromatic heterocycles. The van der Waals surface area contributed by atoms with Gasteiger partial charge in [-0.15, -0.1) is 0 Å². The predicted octanol–water partition coefficient (Wildman–Crippen LogP) is 6.37. The van der Waals surface area contributed by atoms with Crippen LogP contribution in [0.1, 0.15) is 11.1 Å². The Labute approximate surface area is 274 Å². The molecule has 0 heterocycles. The van der Waals surface area contributed by atoms with E-state index in [-0.39, 0.29) is 0 Å². The van der Waals surface area contributed by atoms with Gasteiger partial charge < -0.3 is 0 Å². The van der Waals surface area contributed by atoms with E-state index < -0.39 is 50.7 Å². The van der Waals surface area contributed by atoms with Crippen molar-refractivity contribution in [3.8, 4) is 0 Å². The molecule has 9 heteroatoms. The molecular formula is C38H28F6Ge2O. The van der Waals surface area contributed by atoms with Gasteiger partial charge in [-0.3, -0.25) is 0 Å². The fourth-order valence-corrected chi connectivity index (χ4v) is 33.6. The average molecular weight is 760 g/mol. The van der Waals surface area contributed by atoms with Gasteiger partial charge in [0.25, 0.3) is 0 Å². The molecule has 1 nitrogen and oxygen atoms in total. The molecule has 0 saturated heterocycles. The summed E-state index contributed by atoms with van der Waals surface area (Å²) in [5, 5.41) is 0. The molecule has 0 radical (unpaired) electrons. The normalized spacial score (nSPS) is 12.6. The van der Waals surface area contributed by atoms with Crippen molar-refractivity contribution in [1.82, 2.24) is 0 Å². The summed E-state index contributed by atoms with van der Waals surface area (Å²) >= 11 is -9.07. The van der Waals surface area contributed by atoms with Crippen molar-refractivity contribution >= 4 is 53.6 Å². The summed E-state index contributed by atoms with van der Waals surface area (Å²) in [4.78, 5) is 0. The molecule has 6 aromatic carbocycles. The first-order chi connectivity index (χ1) is 22.5. The molecule has 6 rings (SSSR count). The molecule has 47 heavy (non-hydrogen) atoms. The first kappa shape index (κ1) is 32.9. The van der Waals surface area contributed by atoms with E-state index in [4.69, 9.17) is 2.79 Å². The summed E-state index contributed by atoms with van der Waals surface area (Å²) < 4.78 is 95.6. The fourth-order valence-electron chi connectivity index (χ4n) is 6.06. The molecule has 0 atom stereocenters. The van der Waals surface area contributed by atoms with Crippen molar-refractivity contribution in [1.29, 1.82) is 0 Å². The first-order valence-corrected chi connectivity index (χ1v) is 22.8. The van der Waals surface area contributed by atoms with E-state index >= 15 is 0 Å². The van der Waals surface area contributed by atoms with Gasteiger partial charge in [0.05, 0.1) is 0 Å². The Morgan fingerprint density at radius 3 is 0.723 bits per heavy atom. The Balaban J connectivity index is 1.74. The van der Waals surface area contributed by atoms with Crippen LogP contribution in [0.2, 0.25) is 0 Å². The maximum absolute atomic E-state index is 13.8. The molecule has 0 saturated carbocycles. The summed E-state index contributed by atoms with van der Waals surface area (Å²) in [6.07, 6.45) is -9.07. The van der Waals surface area contributed by atoms with Crippen molar-refractivity contribution < 1.29 is 29.1 Å². The zero-order valence-electron chi connectivity index (χ0n) is 24.8. The summed E-state index contributed by atoms with van der Waals surface area (Å²) in [7, 11) is 0. The van der Waals surface area contributed by atoms with Crippen LogP contribution in [0.25, 0.3) is 0 Å². The minimum atomic E-state index is -4.54. The Hall–Kier alpha value is -4.05. The van der Waals surface area contributed by atoms with Crippen LogP contribution in [-0.2, 0) is 15.1 Å². The molecule has 6 aromatic rings. The van der Waals surface area contributed by atoms with Crippen LogP contribution in [0, 0.1) is 0 Å². The van der Waals surface area contributed by atoms with Gasteiger partial charge in [0.1, 0.15) is 0 Å². The number of hydrogen-bond donors (Lipinski definition) is 0. The Kier molecular flexibility index (Phi) is 9.24. The zero-order chi connectivity index (χ0) is 33.1. The summed E-state index contributed by atoms with van der Waals surface area (Å²) in [6, 6.07) is 48.5. The number of benzene rings is 6. The second-order valence-electron chi connectivity index (χ2n) is 11.1. The molecule has 236 valence electrons. The molecule has 0 fully saturated rings. The van der Waals surface area contributed by atoms with Crippen LogP contribution in [0.4, 0.5) is 26.3 Å². The van der Waals surface area contributed by atoms with E-state index in [9.17, 15) is 26.3 Å². The van der Waals surface area contributed by atoms with Crippen molar-refractivity contribution in [2.24, 2.45) is 0 Å². The van der Waals surface area contributed by atoms with Crippen molar-refractivity contribution in [3.63, 3.8) is 0 Å². The van der Waals surface area contributed by atoms with Crippen LogP contribution in [0.5, 0.6) is 0 Å². The standard InChI is InChI=1S/C38H28F6Ge2O/c39-37(40,41)29-21-25-35(26-22-29)45(31-13-5-1-6-14-31,32-15-7-2-8-16-32)47-46(33-17-9-3-10-18-33,34-19-11-4-12-20-34)36-27-23-30(24-28-36)38(42,43)44/h1-28H. The van der Waals surface area contributed by atoms with E-state index in [0.717, 1.165) is 41.8 Å². The molecule has 0 N–H and O–H groups in total. The molecule has 0 aliphatic carbocycles. The van der Waals surface area contributed by atoms with Crippen LogP contribution >= 0.6 is 0 Å². The van der Waals surface area contributed by atoms with Crippen molar-refractivity contribution in [3.05, 3.63) is 181 Å². The Morgan fingerprint density at radius 2 is 0.511 bits per heavy atom. The molecule has 0 amide bonds. The Morgan fingerprint density at radius 1 is 0.298 bits per heavy atom. The van der Waals surface area contributed by atoms with Crippen LogP contribution < -0.4 is 26.4 Å². The number of hydrogen-bond acceptors (Lipinski definition) is 1. The third-order valence-corrected chi connectivity index (χ3v) is 30.7. The van der Waals surface area contributed by atoms with E-state index in [1.54, 1.807) is 0 Å². The van der Waals surface area contributed by atoms with Gasteiger partial charge in [-0.2, -0.15) is 0 Å². The summed E-state index contributed by atoms with van der Waals surface area (Å²) in [5.41, 5.74) is -1.55. The SMILES string of the molecule is FC(F)(F)c1cc[c]([Ge]([O][Ge]([c]2ccccc2)([c]2ccccc2)[c]2ccc(C(F)(F)F)cc2)([c]2ccccc2)[c]2ccccc2)cc1. The fraction of sp³-hybridized carbons (Fsp3) is 0.0526. The van der Waals surface area contributed by atoms with Crippen LogP contribution in [0.15, 0.2) is 170 Å². The number of rotatable bonds is 8. The molecule has 0 unspecified atom stereocenters. The van der Waals surface area contributed by atoms with E-state index in [0.29, 0.717) is 8.79 Å². The second-order valence-corrected chi connectivity index (χ2v) is 26.7. The van der Waals surface area contributed by atoms with Crippen molar-refractivity contribution in [2.75, 3.05) is 0 Å². The first-order valence-electron chi connectivity index (χ1n) is 14.8. The van der Waals surface area contributed by atoms with E-state index in [2.05, 4.69) is 0 Å². The van der Waals surface area contributed by atoms with Crippen molar-refractivity contribution in [2.45, 2.75) is 12.4 Å². The monoisotopic (exact) mass is 762 g/mol. The maximum atomic E-state index is 13.8. The molecule has 0 aliphatic heterocycles. The van der Waals surface area contributed by atoms with E-state index in [1.165, 1.54) is 24.3 Å². The van der Waals surface area contributed by atoms with Gasteiger partial charge in [0.15, 0.2) is 0 Å². The summed E-state index contributed by atoms with van der Waals surface area (Å²) in [5.74, 6) is 0. The third-order valence-electron chi connectivity index (χ3n) is 8.26. The minimum absolute atomic E-state index is 0.629. The predicted molar refractivity (Wildman–Crippen MR) is 179 cm³/mol. The third kappa shape index (κ3) is 6.44. The van der Waals surface area contributed by atoms with E-state index in [1.807, 2.05) is 121 Å². The molecule has 0 spiro atoms. The summed E-state index contributed by atoms with van der Waals surface area (Å²) in [6.45, 7) is 0. The number of halogens is 6. The molecular weight excluding hydrogens is 732 g/mol. The Bertz CT molecular complexity index is 1670. The quantitative estimate of drug-likeness (QED) is 0.130. The topological polar surface area (TPSA) is 9.23 Å². The van der Waals surface area contributed by atoms with Gasteiger partial charge in [0, 0.05) is 0 Å². The average Bonchev–Trinajstić information content (AvgIpc) is 3.10. The van der Waals surface area contributed by atoms with Gasteiger partial charge in [-0.1, -0.05) is 0 Å².